The van der Waals surface area contributed by atoms with Gasteiger partial charge in [-0.15, -0.1) is 0 Å². The number of oxazole rings is 1. The Hall–Kier alpha value is -3.79. The number of nitriles is 1. The maximum absolute atomic E-state index is 12.3. The fourth-order valence-electron chi connectivity index (χ4n) is 3.92. The van der Waals surface area contributed by atoms with E-state index in [1.165, 1.54) is 0 Å². The van der Waals surface area contributed by atoms with E-state index in [9.17, 15) is 15.2 Å². The van der Waals surface area contributed by atoms with Gasteiger partial charge in [-0.1, -0.05) is 0 Å². The van der Waals surface area contributed by atoms with Crippen molar-refractivity contribution in [3.05, 3.63) is 59.1 Å². The minimum Gasteiger partial charge on any atom is -0.496 e. The van der Waals surface area contributed by atoms with Crippen molar-refractivity contribution in [1.82, 2.24) is 9.97 Å². The van der Waals surface area contributed by atoms with Crippen molar-refractivity contribution in [3.8, 4) is 11.8 Å². The number of aromatic nitrogens is 2. The highest BCUT2D eigenvalue weighted by Crippen LogP contribution is 2.48. The van der Waals surface area contributed by atoms with Gasteiger partial charge in [0.1, 0.15) is 11.3 Å². The molecule has 1 atom stereocenters. The van der Waals surface area contributed by atoms with Crippen LogP contribution in [0.25, 0.3) is 22.0 Å². The standard InChI is InChI=1S/C23H21N3O4/c1-12-9-17(29-4)18(14-7-8-25-20(12)14)19(23(2,3)22(27)28)21-26-15-10-13(11-24)5-6-16(15)30-21/h5-10,19,25H,1-4H3,(H,27,28). The molecule has 0 fully saturated rings. The van der Waals surface area contributed by atoms with Gasteiger partial charge in [0.15, 0.2) is 5.58 Å². The van der Waals surface area contributed by atoms with Crippen molar-refractivity contribution >= 4 is 28.0 Å². The number of aromatic amines is 1. The summed E-state index contributed by atoms with van der Waals surface area (Å²) < 4.78 is 11.7. The molecule has 0 saturated carbocycles. The predicted octanol–water partition coefficient (Wildman–Crippen LogP) is 4.74. The summed E-state index contributed by atoms with van der Waals surface area (Å²) in [7, 11) is 1.56. The summed E-state index contributed by atoms with van der Waals surface area (Å²) in [6.45, 7) is 5.26. The Balaban J connectivity index is 2.06. The highest BCUT2D eigenvalue weighted by Gasteiger charge is 2.44. The number of H-pyrrole nitrogens is 1. The third-order valence-electron chi connectivity index (χ3n) is 5.61. The van der Waals surface area contributed by atoms with Gasteiger partial charge < -0.3 is 19.2 Å². The molecule has 4 rings (SSSR count). The molecule has 0 aliphatic rings. The number of carboxylic acid groups (broad SMARTS) is 1. The van der Waals surface area contributed by atoms with E-state index < -0.39 is 17.3 Å². The summed E-state index contributed by atoms with van der Waals surface area (Å²) in [5, 5.41) is 20.1. The summed E-state index contributed by atoms with van der Waals surface area (Å²) in [6, 6.07) is 10.8. The van der Waals surface area contributed by atoms with E-state index in [-0.39, 0.29) is 5.89 Å². The van der Waals surface area contributed by atoms with Gasteiger partial charge in [0.2, 0.25) is 5.89 Å². The Labute approximate surface area is 172 Å². The molecule has 0 radical (unpaired) electrons. The third-order valence-corrected chi connectivity index (χ3v) is 5.61. The van der Waals surface area contributed by atoms with E-state index in [0.29, 0.717) is 28.0 Å². The second-order valence-electron chi connectivity index (χ2n) is 7.88. The molecule has 30 heavy (non-hydrogen) atoms. The Morgan fingerprint density at radius 1 is 1.33 bits per heavy atom. The normalized spacial score (nSPS) is 12.8. The highest BCUT2D eigenvalue weighted by atomic mass is 16.5. The molecule has 2 aromatic heterocycles. The molecule has 0 spiro atoms. The molecule has 2 N–H and O–H groups in total. The van der Waals surface area contributed by atoms with Crippen molar-refractivity contribution in [1.29, 1.82) is 5.26 Å². The van der Waals surface area contributed by atoms with Gasteiger partial charge in [-0.25, -0.2) is 4.98 Å². The van der Waals surface area contributed by atoms with Gasteiger partial charge in [-0.3, -0.25) is 4.79 Å². The smallest absolute Gasteiger partial charge is 0.310 e. The first-order valence-corrected chi connectivity index (χ1v) is 9.46. The van der Waals surface area contributed by atoms with Crippen LogP contribution in [-0.2, 0) is 4.79 Å². The minimum atomic E-state index is -1.26. The van der Waals surface area contributed by atoms with Gasteiger partial charge in [0.25, 0.3) is 0 Å². The lowest BCUT2D eigenvalue weighted by Crippen LogP contribution is -2.32. The number of rotatable bonds is 5. The van der Waals surface area contributed by atoms with Crippen LogP contribution >= 0.6 is 0 Å². The zero-order valence-corrected chi connectivity index (χ0v) is 17.1. The van der Waals surface area contributed by atoms with Gasteiger partial charge >= 0.3 is 5.97 Å². The number of nitrogens with one attached hydrogen (secondary N) is 1. The maximum Gasteiger partial charge on any atom is 0.310 e. The molecule has 7 nitrogen and oxygen atoms in total. The number of ether oxygens (including phenoxy) is 1. The lowest BCUT2D eigenvalue weighted by molar-refractivity contribution is -0.148. The summed E-state index contributed by atoms with van der Waals surface area (Å²) in [5.41, 5.74) is 2.78. The molecule has 0 saturated heterocycles. The van der Waals surface area contributed by atoms with Crippen molar-refractivity contribution in [2.75, 3.05) is 7.11 Å². The number of aryl methyl sites for hydroxylation is 1. The highest BCUT2D eigenvalue weighted by molar-refractivity contribution is 5.90. The molecule has 2 heterocycles. The van der Waals surface area contributed by atoms with Crippen LogP contribution < -0.4 is 4.74 Å². The SMILES string of the molecule is COc1cc(C)c2[nH]ccc2c1C(c1nc2cc(C#N)ccc2o1)C(C)(C)C(=O)O. The van der Waals surface area contributed by atoms with E-state index in [1.54, 1.807) is 39.2 Å². The van der Waals surface area contributed by atoms with E-state index >= 15 is 0 Å². The second kappa shape index (κ2) is 6.92. The molecular weight excluding hydrogens is 382 g/mol. The number of carbonyl (C=O) groups is 1. The molecule has 0 aliphatic carbocycles. The zero-order valence-electron chi connectivity index (χ0n) is 17.1. The number of carboxylic acids is 1. The molecule has 2 aromatic carbocycles. The van der Waals surface area contributed by atoms with Crippen LogP contribution in [-0.4, -0.2) is 28.2 Å². The molecule has 0 amide bonds. The van der Waals surface area contributed by atoms with Crippen LogP contribution in [0.2, 0.25) is 0 Å². The van der Waals surface area contributed by atoms with Crippen molar-refractivity contribution in [2.24, 2.45) is 5.41 Å². The van der Waals surface area contributed by atoms with Crippen LogP contribution in [0.15, 0.2) is 40.9 Å². The van der Waals surface area contributed by atoms with Crippen LogP contribution in [0.4, 0.5) is 0 Å². The number of fused-ring (bicyclic) bond motifs is 2. The molecule has 0 bridgehead atoms. The topological polar surface area (TPSA) is 112 Å². The van der Waals surface area contributed by atoms with Crippen molar-refractivity contribution < 1.29 is 19.1 Å². The first-order valence-electron chi connectivity index (χ1n) is 9.46. The van der Waals surface area contributed by atoms with Gasteiger partial charge in [-0.05, 0) is 56.7 Å². The monoisotopic (exact) mass is 403 g/mol. The number of aliphatic carboxylic acids is 1. The van der Waals surface area contributed by atoms with Gasteiger partial charge in [0.05, 0.1) is 30.1 Å². The van der Waals surface area contributed by atoms with Crippen LogP contribution in [0, 0.1) is 23.7 Å². The van der Waals surface area contributed by atoms with Crippen LogP contribution in [0.5, 0.6) is 5.75 Å². The number of nitrogens with zero attached hydrogens (tertiary/aromatic N) is 2. The predicted molar refractivity (Wildman–Crippen MR) is 112 cm³/mol. The summed E-state index contributed by atoms with van der Waals surface area (Å²) in [4.78, 5) is 20.1. The average molecular weight is 403 g/mol. The van der Waals surface area contributed by atoms with E-state index in [1.807, 2.05) is 25.3 Å². The Morgan fingerprint density at radius 2 is 2.10 bits per heavy atom. The molecule has 1 unspecified atom stereocenters. The summed E-state index contributed by atoms with van der Waals surface area (Å²) >= 11 is 0. The van der Waals surface area contributed by atoms with E-state index in [4.69, 9.17) is 9.15 Å². The fraction of sp³-hybridized carbons (Fsp3) is 0.261. The Bertz CT molecular complexity index is 1320. The van der Waals surface area contributed by atoms with Gasteiger partial charge in [0, 0.05) is 22.7 Å². The third kappa shape index (κ3) is 2.89. The van der Waals surface area contributed by atoms with Crippen molar-refractivity contribution in [2.45, 2.75) is 26.7 Å². The van der Waals surface area contributed by atoms with E-state index in [2.05, 4.69) is 16.0 Å². The largest absolute Gasteiger partial charge is 0.496 e. The van der Waals surface area contributed by atoms with Crippen LogP contribution in [0.3, 0.4) is 0 Å². The molecular formula is C23H21N3O4. The molecule has 0 aliphatic heterocycles. The Kier molecular flexibility index (Phi) is 4.50. The first kappa shape index (κ1) is 19.5. The van der Waals surface area contributed by atoms with Crippen LogP contribution in [0.1, 0.15) is 42.3 Å². The Morgan fingerprint density at radius 3 is 2.77 bits per heavy atom. The van der Waals surface area contributed by atoms with E-state index in [0.717, 1.165) is 16.5 Å². The quantitative estimate of drug-likeness (QED) is 0.498. The second-order valence-corrected chi connectivity index (χ2v) is 7.88. The first-order chi connectivity index (χ1) is 14.3. The number of hydrogen-bond donors (Lipinski definition) is 2. The lowest BCUT2D eigenvalue weighted by Gasteiger charge is -2.30. The minimum absolute atomic E-state index is 0.261. The number of hydrogen-bond acceptors (Lipinski definition) is 5. The fourth-order valence-corrected chi connectivity index (χ4v) is 3.92. The average Bonchev–Trinajstić information content (AvgIpc) is 3.36. The summed E-state index contributed by atoms with van der Waals surface area (Å²) in [6.07, 6.45) is 1.82. The molecule has 152 valence electrons. The number of methoxy groups -OCH3 is 1. The lowest BCUT2D eigenvalue weighted by atomic mass is 9.73. The van der Waals surface area contributed by atoms with Gasteiger partial charge in [-0.2, -0.15) is 5.26 Å². The summed E-state index contributed by atoms with van der Waals surface area (Å²) in [5.74, 6) is -0.892. The van der Waals surface area contributed by atoms with Crippen molar-refractivity contribution in [3.63, 3.8) is 0 Å². The molecule has 7 heteroatoms. The zero-order chi connectivity index (χ0) is 21.6. The maximum atomic E-state index is 12.3. The number of benzene rings is 2. The molecule has 4 aromatic rings.